The second-order valence-electron chi connectivity index (χ2n) is 4.78. The first-order chi connectivity index (χ1) is 8.61. The van der Waals surface area contributed by atoms with Crippen LogP contribution >= 0.6 is 11.6 Å². The van der Waals surface area contributed by atoms with E-state index in [2.05, 4.69) is 5.32 Å². The first-order valence-corrected chi connectivity index (χ1v) is 6.44. The Hall–Kier alpha value is -0.650. The predicted molar refractivity (Wildman–Crippen MR) is 69.3 cm³/mol. The molecule has 4 atom stereocenters. The molecule has 4 N–H and O–H groups in total. The summed E-state index contributed by atoms with van der Waals surface area (Å²) in [6, 6.07) is 7.28. The Morgan fingerprint density at radius 3 is 2.67 bits per heavy atom. The molecule has 2 rings (SSSR count). The molecule has 18 heavy (non-hydrogen) atoms. The Morgan fingerprint density at radius 1 is 1.28 bits per heavy atom. The van der Waals surface area contributed by atoms with Gasteiger partial charge < -0.3 is 20.6 Å². The van der Waals surface area contributed by atoms with Crippen LogP contribution in [0.4, 0.5) is 0 Å². The smallest absolute Gasteiger partial charge is 0.0955 e. The van der Waals surface area contributed by atoms with Crippen LogP contribution in [0.1, 0.15) is 12.0 Å². The van der Waals surface area contributed by atoms with Crippen LogP contribution in [0.2, 0.25) is 5.02 Å². The van der Waals surface area contributed by atoms with Gasteiger partial charge in [-0.15, -0.1) is 0 Å². The van der Waals surface area contributed by atoms with E-state index < -0.39 is 12.2 Å². The fourth-order valence-electron chi connectivity index (χ4n) is 2.40. The van der Waals surface area contributed by atoms with Gasteiger partial charge in [0, 0.05) is 30.1 Å². The van der Waals surface area contributed by atoms with E-state index in [4.69, 9.17) is 16.7 Å². The van der Waals surface area contributed by atoms with E-state index in [1.165, 1.54) is 0 Å². The van der Waals surface area contributed by atoms with Crippen molar-refractivity contribution in [3.63, 3.8) is 0 Å². The van der Waals surface area contributed by atoms with Crippen LogP contribution in [0.15, 0.2) is 24.3 Å². The van der Waals surface area contributed by atoms with Gasteiger partial charge in [-0.1, -0.05) is 23.7 Å². The Balaban J connectivity index is 1.91. The third-order valence-electron chi connectivity index (χ3n) is 3.49. The van der Waals surface area contributed by atoms with Crippen molar-refractivity contribution in [3.8, 4) is 0 Å². The van der Waals surface area contributed by atoms with Gasteiger partial charge in [-0.2, -0.15) is 0 Å². The molecule has 1 fully saturated rings. The van der Waals surface area contributed by atoms with Crippen molar-refractivity contribution in [1.82, 2.24) is 5.32 Å². The van der Waals surface area contributed by atoms with Crippen LogP contribution in [0.25, 0.3) is 0 Å². The summed E-state index contributed by atoms with van der Waals surface area (Å²) in [5, 5.41) is 32.5. The average Bonchev–Trinajstić information content (AvgIpc) is 2.64. The molecule has 0 unspecified atom stereocenters. The topological polar surface area (TPSA) is 72.7 Å². The van der Waals surface area contributed by atoms with Crippen LogP contribution in [-0.2, 0) is 6.54 Å². The summed E-state index contributed by atoms with van der Waals surface area (Å²) in [5.41, 5.74) is 1.02. The van der Waals surface area contributed by atoms with E-state index >= 15 is 0 Å². The SMILES string of the molecule is OC[C@H]1C[C@@H](NCc2cccc(Cl)c2)[C@H](O)[C@@H]1O. The van der Waals surface area contributed by atoms with Crippen LogP contribution in [0.3, 0.4) is 0 Å². The zero-order chi connectivity index (χ0) is 13.1. The summed E-state index contributed by atoms with van der Waals surface area (Å²) in [6.07, 6.45) is -1.12. The van der Waals surface area contributed by atoms with E-state index in [0.717, 1.165) is 5.56 Å². The minimum atomic E-state index is -0.855. The predicted octanol–water partition coefficient (Wildman–Crippen LogP) is 0.532. The standard InChI is InChI=1S/C13H18ClNO3/c14-10-3-1-2-8(4-10)6-15-11-5-9(7-16)12(17)13(11)18/h1-4,9,11-13,15-18H,5-7H2/t9-,11-,12-,13+/m1/s1. The second kappa shape index (κ2) is 5.99. The molecule has 0 aliphatic heterocycles. The van der Waals surface area contributed by atoms with E-state index in [0.29, 0.717) is 18.0 Å². The summed E-state index contributed by atoms with van der Waals surface area (Å²) in [6.45, 7) is 0.473. The molecule has 0 spiro atoms. The Bertz CT molecular complexity index is 402. The van der Waals surface area contributed by atoms with E-state index in [1.54, 1.807) is 6.07 Å². The first-order valence-electron chi connectivity index (χ1n) is 6.06. The molecule has 1 aromatic rings. The van der Waals surface area contributed by atoms with Crippen LogP contribution < -0.4 is 5.32 Å². The quantitative estimate of drug-likeness (QED) is 0.645. The largest absolute Gasteiger partial charge is 0.396 e. The summed E-state index contributed by atoms with van der Waals surface area (Å²) >= 11 is 5.89. The van der Waals surface area contributed by atoms with E-state index in [9.17, 15) is 10.2 Å². The molecule has 5 heteroatoms. The van der Waals surface area contributed by atoms with Gasteiger partial charge in [0.1, 0.15) is 0 Å². The molecule has 0 radical (unpaired) electrons. The minimum Gasteiger partial charge on any atom is -0.396 e. The monoisotopic (exact) mass is 271 g/mol. The van der Waals surface area contributed by atoms with Gasteiger partial charge in [0.2, 0.25) is 0 Å². The van der Waals surface area contributed by atoms with Crippen molar-refractivity contribution < 1.29 is 15.3 Å². The highest BCUT2D eigenvalue weighted by atomic mass is 35.5. The third kappa shape index (κ3) is 3.02. The van der Waals surface area contributed by atoms with Gasteiger partial charge >= 0.3 is 0 Å². The van der Waals surface area contributed by atoms with Gasteiger partial charge in [-0.3, -0.25) is 0 Å². The van der Waals surface area contributed by atoms with Crippen molar-refractivity contribution in [2.45, 2.75) is 31.2 Å². The summed E-state index contributed by atoms with van der Waals surface area (Å²) in [7, 11) is 0. The van der Waals surface area contributed by atoms with E-state index in [-0.39, 0.29) is 18.6 Å². The van der Waals surface area contributed by atoms with Gasteiger partial charge in [0.25, 0.3) is 0 Å². The maximum Gasteiger partial charge on any atom is 0.0955 e. The van der Waals surface area contributed by atoms with Crippen molar-refractivity contribution >= 4 is 11.6 Å². The number of hydrogen-bond acceptors (Lipinski definition) is 4. The van der Waals surface area contributed by atoms with Gasteiger partial charge in [-0.25, -0.2) is 0 Å². The average molecular weight is 272 g/mol. The number of rotatable bonds is 4. The number of aliphatic hydroxyl groups is 3. The molecule has 0 heterocycles. The maximum atomic E-state index is 9.84. The first kappa shape index (κ1) is 13.8. The van der Waals surface area contributed by atoms with Crippen LogP contribution in [0, 0.1) is 5.92 Å². The number of nitrogens with one attached hydrogen (secondary N) is 1. The Kier molecular flexibility index (Phi) is 4.59. The zero-order valence-corrected chi connectivity index (χ0v) is 10.7. The second-order valence-corrected chi connectivity index (χ2v) is 5.21. The Morgan fingerprint density at radius 2 is 2.06 bits per heavy atom. The summed E-state index contributed by atoms with van der Waals surface area (Å²) in [5.74, 6) is -0.253. The highest BCUT2D eigenvalue weighted by molar-refractivity contribution is 6.30. The molecule has 1 aliphatic rings. The minimum absolute atomic E-state index is 0.104. The van der Waals surface area contributed by atoms with Crippen LogP contribution in [0.5, 0.6) is 0 Å². The van der Waals surface area contributed by atoms with Gasteiger partial charge in [0.15, 0.2) is 0 Å². The lowest BCUT2D eigenvalue weighted by molar-refractivity contribution is -0.000337. The number of halogens is 1. The highest BCUT2D eigenvalue weighted by Crippen LogP contribution is 2.26. The number of hydrogen-bond donors (Lipinski definition) is 4. The fraction of sp³-hybridized carbons (Fsp3) is 0.538. The van der Waals surface area contributed by atoms with Crippen molar-refractivity contribution in [2.24, 2.45) is 5.92 Å². The molecule has 0 saturated heterocycles. The fourth-order valence-corrected chi connectivity index (χ4v) is 2.62. The molecule has 1 aliphatic carbocycles. The normalized spacial score (nSPS) is 31.8. The molecule has 1 saturated carbocycles. The molecule has 0 bridgehead atoms. The Labute approximate surface area is 111 Å². The zero-order valence-electron chi connectivity index (χ0n) is 9.96. The molecule has 0 aromatic heterocycles. The van der Waals surface area contributed by atoms with Crippen molar-refractivity contribution in [3.05, 3.63) is 34.9 Å². The number of aliphatic hydroxyl groups excluding tert-OH is 3. The van der Waals surface area contributed by atoms with Crippen LogP contribution in [-0.4, -0.2) is 40.2 Å². The van der Waals surface area contributed by atoms with Crippen molar-refractivity contribution in [1.29, 1.82) is 0 Å². The molecule has 4 nitrogen and oxygen atoms in total. The molecular formula is C13H18ClNO3. The maximum absolute atomic E-state index is 9.84. The highest BCUT2D eigenvalue weighted by Gasteiger charge is 2.40. The van der Waals surface area contributed by atoms with E-state index in [1.807, 2.05) is 18.2 Å². The number of benzene rings is 1. The molecule has 1 aromatic carbocycles. The molecule has 0 amide bonds. The lowest BCUT2D eigenvalue weighted by Crippen LogP contribution is -2.39. The summed E-state index contributed by atoms with van der Waals surface area (Å²) in [4.78, 5) is 0. The third-order valence-corrected chi connectivity index (χ3v) is 3.73. The molecule has 100 valence electrons. The van der Waals surface area contributed by atoms with Gasteiger partial charge in [-0.05, 0) is 24.1 Å². The lowest BCUT2D eigenvalue weighted by atomic mass is 10.1. The lowest BCUT2D eigenvalue weighted by Gasteiger charge is -2.18. The van der Waals surface area contributed by atoms with Gasteiger partial charge in [0.05, 0.1) is 12.2 Å². The van der Waals surface area contributed by atoms with Crippen molar-refractivity contribution in [2.75, 3.05) is 6.61 Å². The summed E-state index contributed by atoms with van der Waals surface area (Å²) < 4.78 is 0. The molecular weight excluding hydrogens is 254 g/mol.